The van der Waals surface area contributed by atoms with E-state index >= 15 is 0 Å². The van der Waals surface area contributed by atoms with Gasteiger partial charge in [0.05, 0.1) is 31.2 Å². The first-order valence-corrected chi connectivity index (χ1v) is 13.8. The second-order valence-corrected chi connectivity index (χ2v) is 10.4. The van der Waals surface area contributed by atoms with E-state index in [0.29, 0.717) is 25.0 Å². The summed E-state index contributed by atoms with van der Waals surface area (Å²) >= 11 is 0. The van der Waals surface area contributed by atoms with Crippen LogP contribution in [0.2, 0.25) is 0 Å². The normalized spacial score (nSPS) is 17.0. The Morgan fingerprint density at radius 1 is 1.05 bits per heavy atom. The van der Waals surface area contributed by atoms with Crippen molar-refractivity contribution in [1.29, 1.82) is 0 Å². The molecule has 1 saturated carbocycles. The molecule has 204 valence electrons. The number of aliphatic hydroxyl groups excluding tert-OH is 1. The van der Waals surface area contributed by atoms with Gasteiger partial charge >= 0.3 is 0 Å². The molecule has 1 fully saturated rings. The van der Waals surface area contributed by atoms with Gasteiger partial charge in [-0.05, 0) is 98.6 Å². The number of nitrogens with zero attached hydrogens (tertiary/aromatic N) is 2. The van der Waals surface area contributed by atoms with Crippen molar-refractivity contribution >= 4 is 16.8 Å². The third-order valence-electron chi connectivity index (χ3n) is 7.88. The topological polar surface area (TPSA) is 85.9 Å². The molecular weight excluding hydrogens is 478 g/mol. The SMILES string of the molecule is CCOc1ccc(CC(=O)N(Cc2cc3cc(C)c(CN(CC)CC)c(C)c3[nH]c2=O)C2CC(O)C2)cc1. The Balaban J connectivity index is 1.61. The number of H-pyrrole nitrogens is 1. The molecular formula is C31H41N3O4. The van der Waals surface area contributed by atoms with Crippen LogP contribution in [0.5, 0.6) is 5.75 Å². The summed E-state index contributed by atoms with van der Waals surface area (Å²) in [6.07, 6.45) is 0.906. The van der Waals surface area contributed by atoms with E-state index < -0.39 is 6.10 Å². The Bertz CT molecular complexity index is 1320. The molecule has 1 aliphatic rings. The van der Waals surface area contributed by atoms with E-state index in [1.54, 1.807) is 4.90 Å². The molecule has 0 aliphatic heterocycles. The predicted octanol–water partition coefficient (Wildman–Crippen LogP) is 4.48. The Kier molecular flexibility index (Phi) is 8.90. The molecule has 3 aromatic rings. The second kappa shape index (κ2) is 12.1. The monoisotopic (exact) mass is 519 g/mol. The summed E-state index contributed by atoms with van der Waals surface area (Å²) in [5.74, 6) is 0.726. The minimum absolute atomic E-state index is 0.0486. The summed E-state index contributed by atoms with van der Waals surface area (Å²) in [6, 6.07) is 11.5. The largest absolute Gasteiger partial charge is 0.494 e. The molecule has 0 spiro atoms. The lowest BCUT2D eigenvalue weighted by molar-refractivity contribution is -0.138. The molecule has 0 atom stereocenters. The average molecular weight is 520 g/mol. The van der Waals surface area contributed by atoms with Gasteiger partial charge in [-0.1, -0.05) is 26.0 Å². The molecule has 0 bridgehead atoms. The van der Waals surface area contributed by atoms with Gasteiger partial charge in [-0.15, -0.1) is 0 Å². The van der Waals surface area contributed by atoms with E-state index in [2.05, 4.69) is 43.6 Å². The molecule has 0 unspecified atom stereocenters. The highest BCUT2D eigenvalue weighted by Crippen LogP contribution is 2.29. The molecule has 0 saturated heterocycles. The van der Waals surface area contributed by atoms with Crippen LogP contribution in [0.3, 0.4) is 0 Å². The molecule has 1 amide bonds. The summed E-state index contributed by atoms with van der Waals surface area (Å²) < 4.78 is 5.51. The smallest absolute Gasteiger partial charge is 0.253 e. The van der Waals surface area contributed by atoms with Gasteiger partial charge in [-0.3, -0.25) is 14.5 Å². The number of hydrogen-bond acceptors (Lipinski definition) is 5. The number of benzene rings is 2. The number of amides is 1. The van der Waals surface area contributed by atoms with Gasteiger partial charge in [0.15, 0.2) is 0 Å². The first-order valence-electron chi connectivity index (χ1n) is 13.8. The number of aryl methyl sites for hydroxylation is 2. The van der Waals surface area contributed by atoms with E-state index in [9.17, 15) is 14.7 Å². The van der Waals surface area contributed by atoms with Crippen molar-refractivity contribution in [3.63, 3.8) is 0 Å². The van der Waals surface area contributed by atoms with Crippen LogP contribution in [0, 0.1) is 13.8 Å². The van der Waals surface area contributed by atoms with Crippen LogP contribution in [0.25, 0.3) is 10.9 Å². The summed E-state index contributed by atoms with van der Waals surface area (Å²) in [5, 5.41) is 10.9. The van der Waals surface area contributed by atoms with Crippen LogP contribution in [-0.4, -0.2) is 57.6 Å². The van der Waals surface area contributed by atoms with Crippen molar-refractivity contribution in [3.05, 3.63) is 74.6 Å². The molecule has 7 heteroatoms. The van der Waals surface area contributed by atoms with Gasteiger partial charge in [0.25, 0.3) is 5.56 Å². The minimum Gasteiger partial charge on any atom is -0.494 e. The van der Waals surface area contributed by atoms with Crippen molar-refractivity contribution < 1.29 is 14.6 Å². The molecule has 4 rings (SSSR count). The first-order chi connectivity index (χ1) is 18.2. The van der Waals surface area contributed by atoms with Gasteiger partial charge in [0, 0.05) is 18.2 Å². The molecule has 0 radical (unpaired) electrons. The zero-order valence-electron chi connectivity index (χ0n) is 23.3. The highest BCUT2D eigenvalue weighted by Gasteiger charge is 2.35. The number of hydrogen-bond donors (Lipinski definition) is 2. The zero-order valence-corrected chi connectivity index (χ0v) is 23.3. The predicted molar refractivity (Wildman–Crippen MR) is 152 cm³/mol. The molecule has 1 aromatic heterocycles. The van der Waals surface area contributed by atoms with Crippen LogP contribution in [0.1, 0.15) is 61.4 Å². The van der Waals surface area contributed by atoms with Crippen molar-refractivity contribution in [2.24, 2.45) is 0 Å². The zero-order chi connectivity index (χ0) is 27.4. The first kappa shape index (κ1) is 27.9. The quantitative estimate of drug-likeness (QED) is 0.390. The lowest BCUT2D eigenvalue weighted by atomic mass is 9.87. The Morgan fingerprint density at radius 2 is 1.74 bits per heavy atom. The van der Waals surface area contributed by atoms with Crippen LogP contribution in [0.15, 0.2) is 41.2 Å². The molecule has 1 heterocycles. The van der Waals surface area contributed by atoms with Crippen molar-refractivity contribution in [1.82, 2.24) is 14.8 Å². The lowest BCUT2D eigenvalue weighted by Crippen LogP contribution is -2.50. The summed E-state index contributed by atoms with van der Waals surface area (Å²) in [6.45, 7) is 14.1. The van der Waals surface area contributed by atoms with Crippen LogP contribution >= 0.6 is 0 Å². The van der Waals surface area contributed by atoms with Gasteiger partial charge < -0.3 is 19.7 Å². The number of aromatic amines is 1. The number of carbonyl (C=O) groups excluding carboxylic acids is 1. The molecule has 7 nitrogen and oxygen atoms in total. The average Bonchev–Trinajstić information content (AvgIpc) is 2.88. The fraction of sp³-hybridized carbons (Fsp3) is 0.484. The Morgan fingerprint density at radius 3 is 2.34 bits per heavy atom. The second-order valence-electron chi connectivity index (χ2n) is 10.4. The van der Waals surface area contributed by atoms with Crippen LogP contribution < -0.4 is 10.3 Å². The highest BCUT2D eigenvalue weighted by atomic mass is 16.5. The molecule has 1 aliphatic carbocycles. The highest BCUT2D eigenvalue weighted by molar-refractivity contribution is 5.84. The molecule has 2 aromatic carbocycles. The van der Waals surface area contributed by atoms with Crippen molar-refractivity contribution in [3.8, 4) is 5.75 Å². The van der Waals surface area contributed by atoms with E-state index in [1.807, 2.05) is 37.3 Å². The lowest BCUT2D eigenvalue weighted by Gasteiger charge is -2.40. The number of aliphatic hydroxyl groups is 1. The number of nitrogens with one attached hydrogen (secondary N) is 1. The van der Waals surface area contributed by atoms with E-state index in [4.69, 9.17) is 4.74 Å². The number of carbonyl (C=O) groups is 1. The summed E-state index contributed by atoms with van der Waals surface area (Å²) in [4.78, 5) is 34.0. The van der Waals surface area contributed by atoms with Gasteiger partial charge in [0.2, 0.25) is 5.91 Å². The van der Waals surface area contributed by atoms with Crippen LogP contribution in [0.4, 0.5) is 0 Å². The van der Waals surface area contributed by atoms with Gasteiger partial charge in [-0.2, -0.15) is 0 Å². The fourth-order valence-corrected chi connectivity index (χ4v) is 5.38. The number of ether oxygens (including phenoxy) is 1. The molecule has 2 N–H and O–H groups in total. The minimum atomic E-state index is -0.398. The fourth-order valence-electron chi connectivity index (χ4n) is 5.38. The van der Waals surface area contributed by atoms with E-state index in [-0.39, 0.29) is 30.5 Å². The third-order valence-corrected chi connectivity index (χ3v) is 7.88. The van der Waals surface area contributed by atoms with E-state index in [0.717, 1.165) is 47.4 Å². The summed E-state index contributed by atoms with van der Waals surface area (Å²) in [5.41, 5.74) is 5.69. The Hall–Kier alpha value is -3.16. The standard InChI is InChI=1S/C31H41N3O4/c1-6-33(7-2)19-28-20(4)13-23-15-24(31(37)32-30(23)21(28)5)18-34(25-16-26(35)17-25)29(36)14-22-9-11-27(12-10-22)38-8-3/h9-13,15,25-26,35H,6-8,14,16-19H2,1-5H3,(H,32,37). The Labute approximate surface area is 225 Å². The summed E-state index contributed by atoms with van der Waals surface area (Å²) in [7, 11) is 0. The van der Waals surface area contributed by atoms with Gasteiger partial charge in [-0.25, -0.2) is 0 Å². The maximum Gasteiger partial charge on any atom is 0.253 e. The number of aromatic nitrogens is 1. The maximum absolute atomic E-state index is 13.5. The number of pyridine rings is 1. The van der Waals surface area contributed by atoms with Crippen molar-refractivity contribution in [2.45, 2.75) is 79.1 Å². The third kappa shape index (κ3) is 6.11. The molecule has 38 heavy (non-hydrogen) atoms. The van der Waals surface area contributed by atoms with E-state index in [1.165, 1.54) is 11.1 Å². The number of fused-ring (bicyclic) bond motifs is 1. The maximum atomic E-state index is 13.5. The van der Waals surface area contributed by atoms with Crippen molar-refractivity contribution in [2.75, 3.05) is 19.7 Å². The van der Waals surface area contributed by atoms with Gasteiger partial charge in [0.1, 0.15) is 5.75 Å². The number of rotatable bonds is 11. The van der Waals surface area contributed by atoms with Crippen LogP contribution in [-0.2, 0) is 24.3 Å².